The fourth-order valence-corrected chi connectivity index (χ4v) is 1.83. The van der Waals surface area contributed by atoms with Gasteiger partial charge in [-0.2, -0.15) is 13.2 Å². The zero-order valence-electron chi connectivity index (χ0n) is 10.8. The minimum absolute atomic E-state index is 0.0488. The lowest BCUT2D eigenvalue weighted by molar-refractivity contribution is -0.147. The third-order valence-electron chi connectivity index (χ3n) is 2.61. The van der Waals surface area contributed by atoms with E-state index in [0.29, 0.717) is 18.5 Å². The highest BCUT2D eigenvalue weighted by molar-refractivity contribution is 5.94. The number of nitrogens with one attached hydrogen (secondary N) is 1. The van der Waals surface area contributed by atoms with E-state index in [2.05, 4.69) is 0 Å². The van der Waals surface area contributed by atoms with Gasteiger partial charge in [0.15, 0.2) is 0 Å². The van der Waals surface area contributed by atoms with Crippen LogP contribution in [0.5, 0.6) is 0 Å². The Morgan fingerprint density at radius 3 is 2.26 bits per heavy atom. The Morgan fingerprint density at radius 1 is 1.26 bits per heavy atom. The van der Waals surface area contributed by atoms with Gasteiger partial charge in [0.1, 0.15) is 5.84 Å². The number of halogens is 3. The summed E-state index contributed by atoms with van der Waals surface area (Å²) in [6, 6.07) is 6.70. The van der Waals surface area contributed by atoms with Crippen molar-refractivity contribution in [3.8, 4) is 0 Å². The van der Waals surface area contributed by atoms with Crippen LogP contribution in [0.3, 0.4) is 0 Å². The number of benzene rings is 1. The van der Waals surface area contributed by atoms with Crippen molar-refractivity contribution < 1.29 is 13.2 Å². The second-order valence-corrected chi connectivity index (χ2v) is 4.44. The third kappa shape index (κ3) is 5.74. The van der Waals surface area contributed by atoms with Crippen molar-refractivity contribution in [1.82, 2.24) is 4.90 Å². The number of rotatable bonds is 6. The maximum absolute atomic E-state index is 12.4. The van der Waals surface area contributed by atoms with E-state index in [9.17, 15) is 13.2 Å². The van der Waals surface area contributed by atoms with Gasteiger partial charge in [0.25, 0.3) is 0 Å². The summed E-state index contributed by atoms with van der Waals surface area (Å²) in [6.45, 7) is 1.58. The molecule has 0 fully saturated rings. The molecule has 0 aliphatic heterocycles. The van der Waals surface area contributed by atoms with E-state index in [4.69, 9.17) is 11.1 Å². The maximum Gasteiger partial charge on any atom is 0.401 e. The molecule has 19 heavy (non-hydrogen) atoms. The molecule has 3 N–H and O–H groups in total. The number of nitrogens with two attached hydrogens (primary N) is 1. The van der Waals surface area contributed by atoms with E-state index >= 15 is 0 Å². The van der Waals surface area contributed by atoms with Crippen LogP contribution in [-0.4, -0.2) is 30.0 Å². The first-order valence-corrected chi connectivity index (χ1v) is 6.04. The van der Waals surface area contributed by atoms with Crippen molar-refractivity contribution in [1.29, 1.82) is 5.41 Å². The van der Waals surface area contributed by atoms with Gasteiger partial charge in [-0.3, -0.25) is 10.3 Å². The van der Waals surface area contributed by atoms with Crippen LogP contribution < -0.4 is 5.73 Å². The van der Waals surface area contributed by atoms with Crippen molar-refractivity contribution in [2.75, 3.05) is 13.1 Å². The zero-order chi connectivity index (χ0) is 14.5. The molecule has 0 amide bonds. The van der Waals surface area contributed by atoms with Crippen LogP contribution in [0.25, 0.3) is 0 Å². The Morgan fingerprint density at radius 2 is 1.84 bits per heavy atom. The van der Waals surface area contributed by atoms with E-state index in [1.807, 2.05) is 6.92 Å². The number of alkyl halides is 3. The summed E-state index contributed by atoms with van der Waals surface area (Å²) in [5.41, 5.74) is 6.67. The highest BCUT2D eigenvalue weighted by Crippen LogP contribution is 2.18. The molecular weight excluding hydrogens is 255 g/mol. The Hall–Kier alpha value is -1.56. The van der Waals surface area contributed by atoms with Crippen LogP contribution in [0.4, 0.5) is 13.2 Å². The van der Waals surface area contributed by atoms with E-state index in [1.54, 1.807) is 24.3 Å². The quantitative estimate of drug-likeness (QED) is 0.618. The second-order valence-electron chi connectivity index (χ2n) is 4.44. The summed E-state index contributed by atoms with van der Waals surface area (Å²) in [5, 5.41) is 7.25. The van der Waals surface area contributed by atoms with E-state index in [1.165, 1.54) is 4.90 Å². The summed E-state index contributed by atoms with van der Waals surface area (Å²) in [7, 11) is 0. The topological polar surface area (TPSA) is 53.1 Å². The SMILES string of the molecule is CCCN(Cc1ccc(C(=N)N)cc1)CC(F)(F)F. The van der Waals surface area contributed by atoms with Crippen LogP contribution in [0, 0.1) is 5.41 Å². The molecule has 1 rings (SSSR count). The number of nitrogens with zero attached hydrogens (tertiary/aromatic N) is 1. The van der Waals surface area contributed by atoms with Crippen molar-refractivity contribution in [3.05, 3.63) is 35.4 Å². The molecule has 1 aromatic rings. The van der Waals surface area contributed by atoms with Crippen LogP contribution >= 0.6 is 0 Å². The molecular formula is C13H18F3N3. The van der Waals surface area contributed by atoms with Crippen molar-refractivity contribution in [3.63, 3.8) is 0 Å². The van der Waals surface area contributed by atoms with E-state index < -0.39 is 12.7 Å². The van der Waals surface area contributed by atoms with Gasteiger partial charge in [-0.15, -0.1) is 0 Å². The van der Waals surface area contributed by atoms with Gasteiger partial charge in [-0.1, -0.05) is 31.2 Å². The minimum Gasteiger partial charge on any atom is -0.384 e. The average Bonchev–Trinajstić information content (AvgIpc) is 2.27. The lowest BCUT2D eigenvalue weighted by Gasteiger charge is -2.23. The summed E-state index contributed by atoms with van der Waals surface area (Å²) >= 11 is 0. The Balaban J connectivity index is 2.70. The Bertz CT molecular complexity index is 412. The molecule has 6 heteroatoms. The average molecular weight is 273 g/mol. The molecule has 0 aromatic heterocycles. The molecule has 1 aromatic carbocycles. The van der Waals surface area contributed by atoms with Crippen molar-refractivity contribution >= 4 is 5.84 Å². The normalized spacial score (nSPS) is 11.8. The molecule has 0 unspecified atom stereocenters. The van der Waals surface area contributed by atoms with Gasteiger partial charge in [0.05, 0.1) is 6.54 Å². The summed E-state index contributed by atoms with van der Waals surface area (Å²) in [6.07, 6.45) is -3.52. The molecule has 0 saturated carbocycles. The fourth-order valence-electron chi connectivity index (χ4n) is 1.83. The molecule has 0 atom stereocenters. The first-order valence-electron chi connectivity index (χ1n) is 6.04. The van der Waals surface area contributed by atoms with Crippen molar-refractivity contribution in [2.24, 2.45) is 5.73 Å². The van der Waals surface area contributed by atoms with Gasteiger partial charge in [0.2, 0.25) is 0 Å². The largest absolute Gasteiger partial charge is 0.401 e. The van der Waals surface area contributed by atoms with Gasteiger partial charge >= 0.3 is 6.18 Å². The summed E-state index contributed by atoms with van der Waals surface area (Å²) < 4.78 is 37.2. The van der Waals surface area contributed by atoms with Crippen LogP contribution in [0.1, 0.15) is 24.5 Å². The second kappa shape index (κ2) is 6.56. The maximum atomic E-state index is 12.4. The van der Waals surface area contributed by atoms with Gasteiger partial charge < -0.3 is 5.73 Å². The summed E-state index contributed by atoms with van der Waals surface area (Å²) in [5.74, 6) is -0.0488. The van der Waals surface area contributed by atoms with Gasteiger partial charge in [-0.05, 0) is 18.5 Å². The third-order valence-corrected chi connectivity index (χ3v) is 2.61. The monoisotopic (exact) mass is 273 g/mol. The standard InChI is InChI=1S/C13H18F3N3/c1-2-7-19(9-13(14,15)16)8-10-3-5-11(6-4-10)12(17)18/h3-6H,2,7-9H2,1H3,(H3,17,18). The lowest BCUT2D eigenvalue weighted by atomic mass is 10.1. The first-order chi connectivity index (χ1) is 8.81. The number of hydrogen-bond donors (Lipinski definition) is 2. The molecule has 0 radical (unpaired) electrons. The first kappa shape index (κ1) is 15.5. The van der Waals surface area contributed by atoms with Crippen LogP contribution in [-0.2, 0) is 6.54 Å². The van der Waals surface area contributed by atoms with Crippen LogP contribution in [0.2, 0.25) is 0 Å². The number of hydrogen-bond acceptors (Lipinski definition) is 2. The summed E-state index contributed by atoms with van der Waals surface area (Å²) in [4.78, 5) is 1.36. The highest BCUT2D eigenvalue weighted by Gasteiger charge is 2.30. The molecule has 0 bridgehead atoms. The molecule has 0 aliphatic rings. The molecule has 0 saturated heterocycles. The molecule has 3 nitrogen and oxygen atoms in total. The molecule has 106 valence electrons. The van der Waals surface area contributed by atoms with Gasteiger partial charge in [0, 0.05) is 12.1 Å². The smallest absolute Gasteiger partial charge is 0.384 e. The van der Waals surface area contributed by atoms with E-state index in [-0.39, 0.29) is 12.4 Å². The Kier molecular flexibility index (Phi) is 5.35. The van der Waals surface area contributed by atoms with Crippen molar-refractivity contribution in [2.45, 2.75) is 26.1 Å². The molecule has 0 spiro atoms. The van der Waals surface area contributed by atoms with Crippen LogP contribution in [0.15, 0.2) is 24.3 Å². The number of nitrogen functional groups attached to an aromatic ring is 1. The minimum atomic E-state index is -4.19. The Labute approximate surface area is 110 Å². The predicted octanol–water partition coefficient (Wildman–Crippen LogP) is 2.74. The predicted molar refractivity (Wildman–Crippen MR) is 69.1 cm³/mol. The van der Waals surface area contributed by atoms with Gasteiger partial charge in [-0.25, -0.2) is 0 Å². The highest BCUT2D eigenvalue weighted by atomic mass is 19.4. The molecule has 0 aliphatic carbocycles. The molecule has 0 heterocycles. The zero-order valence-corrected chi connectivity index (χ0v) is 10.8. The van der Waals surface area contributed by atoms with E-state index in [0.717, 1.165) is 5.56 Å². The lowest BCUT2D eigenvalue weighted by Crippen LogP contribution is -2.34. The number of amidine groups is 1. The fraction of sp³-hybridized carbons (Fsp3) is 0.462.